The van der Waals surface area contributed by atoms with Crippen LogP contribution in [0, 0.1) is 6.92 Å². The smallest absolute Gasteiger partial charge is 0.246 e. The number of carbonyl (C=O) groups is 1. The van der Waals surface area contributed by atoms with Crippen LogP contribution in [0.15, 0.2) is 12.1 Å². The van der Waals surface area contributed by atoms with Gasteiger partial charge in [-0.05, 0) is 32.9 Å². The Morgan fingerprint density at radius 1 is 1.61 bits per heavy atom. The first-order chi connectivity index (χ1) is 8.48. The van der Waals surface area contributed by atoms with E-state index < -0.39 is 0 Å². The third-order valence-electron chi connectivity index (χ3n) is 3.12. The quantitative estimate of drug-likeness (QED) is 0.853. The molecule has 0 radical (unpaired) electrons. The van der Waals surface area contributed by atoms with Crippen LogP contribution in [0.3, 0.4) is 0 Å². The molecule has 2 rings (SSSR count). The number of carbonyl (C=O) groups excluding carboxylic acids is 1. The van der Waals surface area contributed by atoms with E-state index in [4.69, 9.17) is 4.74 Å². The molecular weight excluding hydrogens is 248 g/mol. The summed E-state index contributed by atoms with van der Waals surface area (Å²) >= 11 is 1.71. The van der Waals surface area contributed by atoms with Gasteiger partial charge in [0.25, 0.3) is 0 Å². The molecule has 0 aliphatic carbocycles. The molecule has 0 aromatic carbocycles. The minimum Gasteiger partial charge on any atom is -0.363 e. The van der Waals surface area contributed by atoms with Gasteiger partial charge in [-0.25, -0.2) is 0 Å². The van der Waals surface area contributed by atoms with Crippen molar-refractivity contribution >= 4 is 17.2 Å². The second kappa shape index (κ2) is 5.38. The molecular formula is C13H20N2O2S. The molecule has 1 aromatic heterocycles. The molecule has 1 aliphatic rings. The number of nitrogens with one attached hydrogen (secondary N) is 2. The molecule has 1 atom stereocenters. The van der Waals surface area contributed by atoms with Crippen LogP contribution in [0.5, 0.6) is 0 Å². The highest BCUT2D eigenvalue weighted by Crippen LogP contribution is 2.22. The largest absolute Gasteiger partial charge is 0.363 e. The van der Waals surface area contributed by atoms with E-state index in [2.05, 4.69) is 29.7 Å². The van der Waals surface area contributed by atoms with Gasteiger partial charge in [-0.1, -0.05) is 0 Å². The maximum Gasteiger partial charge on any atom is 0.246 e. The summed E-state index contributed by atoms with van der Waals surface area (Å²) in [6.07, 6.45) is 0. The SMILES string of the molecule is Cc1ccc(C(C)NC(=O)COC2(C)CNC2)s1. The van der Waals surface area contributed by atoms with E-state index in [1.54, 1.807) is 11.3 Å². The molecule has 2 heterocycles. The van der Waals surface area contributed by atoms with Gasteiger partial charge in [0.15, 0.2) is 0 Å². The van der Waals surface area contributed by atoms with Crippen LogP contribution < -0.4 is 10.6 Å². The molecule has 5 heteroatoms. The van der Waals surface area contributed by atoms with Crippen molar-refractivity contribution in [3.63, 3.8) is 0 Å². The molecule has 1 aromatic rings. The number of aryl methyl sites for hydroxylation is 1. The molecule has 4 nitrogen and oxygen atoms in total. The van der Waals surface area contributed by atoms with E-state index >= 15 is 0 Å². The Kier molecular flexibility index (Phi) is 4.04. The Balaban J connectivity index is 1.76. The first-order valence-corrected chi connectivity index (χ1v) is 7.00. The fourth-order valence-corrected chi connectivity index (χ4v) is 2.74. The second-order valence-corrected chi connectivity index (χ2v) is 6.40. The molecule has 1 fully saturated rings. The highest BCUT2D eigenvalue weighted by atomic mass is 32.1. The molecule has 0 spiro atoms. The van der Waals surface area contributed by atoms with Crippen molar-refractivity contribution in [3.05, 3.63) is 21.9 Å². The fraction of sp³-hybridized carbons (Fsp3) is 0.615. The molecule has 2 N–H and O–H groups in total. The van der Waals surface area contributed by atoms with E-state index in [-0.39, 0.29) is 24.2 Å². The van der Waals surface area contributed by atoms with Crippen LogP contribution in [0.1, 0.15) is 29.6 Å². The Labute approximate surface area is 112 Å². The summed E-state index contributed by atoms with van der Waals surface area (Å²) in [4.78, 5) is 14.2. The lowest BCUT2D eigenvalue weighted by Crippen LogP contribution is -2.59. The maximum atomic E-state index is 11.8. The van der Waals surface area contributed by atoms with Crippen molar-refractivity contribution in [1.29, 1.82) is 0 Å². The van der Waals surface area contributed by atoms with E-state index in [1.807, 2.05) is 13.8 Å². The number of amides is 1. The molecule has 18 heavy (non-hydrogen) atoms. The average Bonchev–Trinajstić information content (AvgIpc) is 2.70. The molecule has 1 amide bonds. The number of ether oxygens (including phenoxy) is 1. The summed E-state index contributed by atoms with van der Waals surface area (Å²) in [5.74, 6) is -0.0540. The summed E-state index contributed by atoms with van der Waals surface area (Å²) in [6, 6.07) is 4.18. The maximum absolute atomic E-state index is 11.8. The van der Waals surface area contributed by atoms with Gasteiger partial charge in [-0.15, -0.1) is 11.3 Å². The molecule has 1 unspecified atom stereocenters. The van der Waals surface area contributed by atoms with Gasteiger partial charge < -0.3 is 15.4 Å². The van der Waals surface area contributed by atoms with Crippen LogP contribution in [0.25, 0.3) is 0 Å². The third kappa shape index (κ3) is 3.31. The summed E-state index contributed by atoms with van der Waals surface area (Å²) in [6.45, 7) is 7.85. The monoisotopic (exact) mass is 268 g/mol. The van der Waals surface area contributed by atoms with Crippen LogP contribution in [0.2, 0.25) is 0 Å². The highest BCUT2D eigenvalue weighted by molar-refractivity contribution is 7.12. The fourth-order valence-electron chi connectivity index (χ4n) is 1.86. The highest BCUT2D eigenvalue weighted by Gasteiger charge is 2.33. The summed E-state index contributed by atoms with van der Waals surface area (Å²) in [7, 11) is 0. The Bertz CT molecular complexity index is 426. The minimum absolute atomic E-state index is 0.0483. The van der Waals surface area contributed by atoms with Crippen LogP contribution >= 0.6 is 11.3 Å². The van der Waals surface area contributed by atoms with Crippen LogP contribution in [-0.4, -0.2) is 31.2 Å². The predicted octanol–water partition coefficient (Wildman–Crippen LogP) is 1.61. The van der Waals surface area contributed by atoms with Gasteiger partial charge in [0.1, 0.15) is 6.61 Å². The summed E-state index contributed by atoms with van der Waals surface area (Å²) < 4.78 is 5.60. The summed E-state index contributed by atoms with van der Waals surface area (Å²) in [5, 5.41) is 6.10. The van der Waals surface area contributed by atoms with Crippen LogP contribution in [0.4, 0.5) is 0 Å². The topological polar surface area (TPSA) is 50.4 Å². The first kappa shape index (κ1) is 13.5. The number of rotatable bonds is 5. The average molecular weight is 268 g/mol. The normalized spacial score (nSPS) is 19.1. The van der Waals surface area contributed by atoms with Crippen LogP contribution in [-0.2, 0) is 9.53 Å². The zero-order valence-corrected chi connectivity index (χ0v) is 11.9. The minimum atomic E-state index is -0.167. The van der Waals surface area contributed by atoms with E-state index in [9.17, 15) is 4.79 Å². The van der Waals surface area contributed by atoms with E-state index in [1.165, 1.54) is 9.75 Å². The number of hydrogen-bond acceptors (Lipinski definition) is 4. The summed E-state index contributed by atoms with van der Waals surface area (Å²) in [5.41, 5.74) is -0.167. The van der Waals surface area contributed by atoms with Crippen molar-refractivity contribution in [2.24, 2.45) is 0 Å². The Morgan fingerprint density at radius 2 is 2.33 bits per heavy atom. The van der Waals surface area contributed by atoms with Crippen molar-refractivity contribution < 1.29 is 9.53 Å². The van der Waals surface area contributed by atoms with Gasteiger partial charge in [0.2, 0.25) is 5.91 Å². The predicted molar refractivity (Wildman–Crippen MR) is 72.8 cm³/mol. The molecule has 1 saturated heterocycles. The third-order valence-corrected chi connectivity index (χ3v) is 4.30. The van der Waals surface area contributed by atoms with Gasteiger partial charge in [-0.2, -0.15) is 0 Å². The van der Waals surface area contributed by atoms with Crippen molar-refractivity contribution in [3.8, 4) is 0 Å². The van der Waals surface area contributed by atoms with Gasteiger partial charge in [0.05, 0.1) is 11.6 Å². The Morgan fingerprint density at radius 3 is 2.83 bits per heavy atom. The van der Waals surface area contributed by atoms with E-state index in [0.29, 0.717) is 0 Å². The number of thiophene rings is 1. The van der Waals surface area contributed by atoms with Crippen molar-refractivity contribution in [2.45, 2.75) is 32.4 Å². The van der Waals surface area contributed by atoms with Gasteiger partial charge >= 0.3 is 0 Å². The zero-order valence-electron chi connectivity index (χ0n) is 11.1. The number of hydrogen-bond donors (Lipinski definition) is 2. The molecule has 1 aliphatic heterocycles. The lowest BCUT2D eigenvalue weighted by atomic mass is 10.0. The van der Waals surface area contributed by atoms with Crippen molar-refractivity contribution in [2.75, 3.05) is 19.7 Å². The lowest BCUT2D eigenvalue weighted by Gasteiger charge is -2.38. The first-order valence-electron chi connectivity index (χ1n) is 6.19. The molecule has 0 saturated carbocycles. The Hall–Kier alpha value is -0.910. The van der Waals surface area contributed by atoms with Crippen molar-refractivity contribution in [1.82, 2.24) is 10.6 Å². The second-order valence-electron chi connectivity index (χ2n) is 5.08. The van der Waals surface area contributed by atoms with Gasteiger partial charge in [-0.3, -0.25) is 4.79 Å². The zero-order chi connectivity index (χ0) is 13.2. The lowest BCUT2D eigenvalue weighted by molar-refractivity contribution is -0.136. The molecule has 100 valence electrons. The van der Waals surface area contributed by atoms with Gasteiger partial charge in [0, 0.05) is 22.8 Å². The molecule has 0 bridgehead atoms. The standard InChI is InChI=1S/C13H20N2O2S/c1-9-4-5-11(18-9)10(2)15-12(16)6-17-13(3)7-14-8-13/h4-5,10,14H,6-8H2,1-3H3,(H,15,16). The van der Waals surface area contributed by atoms with E-state index in [0.717, 1.165) is 13.1 Å².